The molecule has 4 heteroatoms. The van der Waals surface area contributed by atoms with Gasteiger partial charge in [0.25, 0.3) is 0 Å². The molecule has 1 amide bonds. The van der Waals surface area contributed by atoms with Crippen LogP contribution in [-0.2, 0) is 4.74 Å². The number of hydrogen-bond donors (Lipinski definition) is 1. The summed E-state index contributed by atoms with van der Waals surface area (Å²) in [6.07, 6.45) is 0.840. The molecule has 20 heavy (non-hydrogen) atoms. The van der Waals surface area contributed by atoms with Crippen LogP contribution in [0.25, 0.3) is 0 Å². The van der Waals surface area contributed by atoms with Gasteiger partial charge < -0.3 is 15.0 Å². The number of carbonyl (C=O) groups excluding carboxylic acids is 1. The van der Waals surface area contributed by atoms with Crippen molar-refractivity contribution < 1.29 is 9.53 Å². The molecule has 2 atom stereocenters. The van der Waals surface area contributed by atoms with E-state index >= 15 is 0 Å². The summed E-state index contributed by atoms with van der Waals surface area (Å²) in [5.74, 6) is 0.484. The smallest absolute Gasteiger partial charge is 0.410 e. The first-order valence-electron chi connectivity index (χ1n) is 7.28. The quantitative estimate of drug-likeness (QED) is 0.788. The molecule has 1 N–H and O–H groups in total. The Balaban J connectivity index is 1.87. The first-order valence-corrected chi connectivity index (χ1v) is 7.28. The van der Waals surface area contributed by atoms with Crippen LogP contribution in [0.15, 0.2) is 24.3 Å². The fourth-order valence-electron chi connectivity index (χ4n) is 3.17. The number of benzene rings is 1. The lowest BCUT2D eigenvalue weighted by atomic mass is 9.89. The van der Waals surface area contributed by atoms with E-state index in [-0.39, 0.29) is 12.1 Å². The van der Waals surface area contributed by atoms with E-state index < -0.39 is 5.60 Å². The molecule has 108 valence electrons. The topological polar surface area (TPSA) is 41.6 Å². The first kappa shape index (κ1) is 13.3. The van der Waals surface area contributed by atoms with Crippen molar-refractivity contribution in [3.8, 4) is 0 Å². The fraction of sp³-hybridized carbons (Fsp3) is 0.562. The summed E-state index contributed by atoms with van der Waals surface area (Å²) in [5, 5.41) is 3.46. The lowest BCUT2D eigenvalue weighted by Gasteiger charge is -2.35. The number of rotatable bonds is 0. The van der Waals surface area contributed by atoms with E-state index in [9.17, 15) is 4.79 Å². The van der Waals surface area contributed by atoms with Gasteiger partial charge in [-0.05, 0) is 38.8 Å². The maximum absolute atomic E-state index is 12.4. The minimum Gasteiger partial charge on any atom is -0.444 e. The number of ether oxygens (including phenoxy) is 1. The molecule has 4 nitrogen and oxygen atoms in total. The third kappa shape index (κ3) is 2.35. The largest absolute Gasteiger partial charge is 0.444 e. The van der Waals surface area contributed by atoms with Crippen molar-refractivity contribution in [3.63, 3.8) is 0 Å². The number of para-hydroxylation sites is 1. The highest BCUT2D eigenvalue weighted by atomic mass is 16.6. The molecule has 0 saturated carbocycles. The normalized spacial score (nSPS) is 24.6. The van der Waals surface area contributed by atoms with Crippen LogP contribution < -0.4 is 5.32 Å². The third-order valence-corrected chi connectivity index (χ3v) is 3.99. The molecule has 0 spiro atoms. The van der Waals surface area contributed by atoms with Crippen LogP contribution in [0.2, 0.25) is 0 Å². The zero-order valence-corrected chi connectivity index (χ0v) is 12.3. The standard InChI is InChI=1S/C16H22N2O2/c1-16(2,3)20-15(19)18-9-8-11-10-17-13-7-5-4-6-12(13)14(11)18/h4-7,11,14,17H,8-10H2,1-3H3/t11-,14+/m1/s1. The van der Waals surface area contributed by atoms with Gasteiger partial charge in [-0.15, -0.1) is 0 Å². The van der Waals surface area contributed by atoms with Crippen molar-refractivity contribution in [3.05, 3.63) is 29.8 Å². The SMILES string of the molecule is CC(C)(C)OC(=O)N1CC[C@@H]2CNc3ccccc3[C@H]21. The Bertz CT molecular complexity index is 521. The molecule has 0 radical (unpaired) electrons. The molecular weight excluding hydrogens is 252 g/mol. The number of nitrogens with one attached hydrogen (secondary N) is 1. The highest BCUT2D eigenvalue weighted by Gasteiger charge is 2.42. The van der Waals surface area contributed by atoms with Crippen molar-refractivity contribution in [1.29, 1.82) is 0 Å². The van der Waals surface area contributed by atoms with Gasteiger partial charge in [0.1, 0.15) is 5.60 Å². The molecule has 2 heterocycles. The Morgan fingerprint density at radius 3 is 2.85 bits per heavy atom. The second kappa shape index (κ2) is 4.69. The van der Waals surface area contributed by atoms with Gasteiger partial charge >= 0.3 is 6.09 Å². The maximum atomic E-state index is 12.4. The second-order valence-electron chi connectivity index (χ2n) is 6.64. The van der Waals surface area contributed by atoms with Crippen molar-refractivity contribution >= 4 is 11.8 Å². The van der Waals surface area contributed by atoms with E-state index in [1.807, 2.05) is 37.8 Å². The lowest BCUT2D eigenvalue weighted by Crippen LogP contribution is -2.39. The van der Waals surface area contributed by atoms with Crippen LogP contribution in [0, 0.1) is 5.92 Å². The van der Waals surface area contributed by atoms with Gasteiger partial charge in [-0.1, -0.05) is 18.2 Å². The number of hydrogen-bond acceptors (Lipinski definition) is 3. The van der Waals surface area contributed by atoms with Gasteiger partial charge in [0, 0.05) is 24.7 Å². The minimum atomic E-state index is -0.443. The van der Waals surface area contributed by atoms with E-state index in [0.29, 0.717) is 5.92 Å². The molecule has 1 fully saturated rings. The van der Waals surface area contributed by atoms with Crippen molar-refractivity contribution in [2.75, 3.05) is 18.4 Å². The minimum absolute atomic E-state index is 0.155. The molecule has 1 aromatic carbocycles. The molecule has 0 aliphatic carbocycles. The molecule has 2 aliphatic heterocycles. The third-order valence-electron chi connectivity index (χ3n) is 3.99. The predicted octanol–water partition coefficient (Wildman–Crippen LogP) is 3.41. The van der Waals surface area contributed by atoms with Gasteiger partial charge in [-0.3, -0.25) is 0 Å². The maximum Gasteiger partial charge on any atom is 0.410 e. The molecule has 0 bridgehead atoms. The van der Waals surface area contributed by atoms with Crippen molar-refractivity contribution in [2.45, 2.75) is 38.8 Å². The highest BCUT2D eigenvalue weighted by molar-refractivity contribution is 5.71. The van der Waals surface area contributed by atoms with Crippen LogP contribution in [0.4, 0.5) is 10.5 Å². The van der Waals surface area contributed by atoms with Crippen LogP contribution in [-0.4, -0.2) is 29.7 Å². The first-order chi connectivity index (χ1) is 9.46. The van der Waals surface area contributed by atoms with Crippen LogP contribution in [0.1, 0.15) is 38.8 Å². The highest BCUT2D eigenvalue weighted by Crippen LogP contribution is 2.43. The van der Waals surface area contributed by atoms with E-state index in [2.05, 4.69) is 17.4 Å². The summed E-state index contributed by atoms with van der Waals surface area (Å²) < 4.78 is 5.55. The van der Waals surface area contributed by atoms with Crippen LogP contribution in [0.3, 0.4) is 0 Å². The van der Waals surface area contributed by atoms with Crippen LogP contribution >= 0.6 is 0 Å². The Morgan fingerprint density at radius 2 is 2.10 bits per heavy atom. The van der Waals surface area contributed by atoms with E-state index in [0.717, 1.165) is 25.2 Å². The van der Waals surface area contributed by atoms with E-state index in [1.54, 1.807) is 0 Å². The van der Waals surface area contributed by atoms with Gasteiger partial charge in [0.2, 0.25) is 0 Å². The summed E-state index contributed by atoms with van der Waals surface area (Å²) in [4.78, 5) is 14.3. The molecule has 0 aromatic heterocycles. The summed E-state index contributed by atoms with van der Waals surface area (Å²) in [6, 6.07) is 8.41. The Morgan fingerprint density at radius 1 is 1.35 bits per heavy atom. The summed E-state index contributed by atoms with van der Waals surface area (Å²) >= 11 is 0. The zero-order chi connectivity index (χ0) is 14.3. The van der Waals surface area contributed by atoms with Gasteiger partial charge in [0.15, 0.2) is 0 Å². The average molecular weight is 274 g/mol. The number of amides is 1. The lowest BCUT2D eigenvalue weighted by molar-refractivity contribution is 0.0205. The van der Waals surface area contributed by atoms with Crippen LogP contribution in [0.5, 0.6) is 0 Å². The number of fused-ring (bicyclic) bond motifs is 3. The van der Waals surface area contributed by atoms with E-state index in [1.165, 1.54) is 5.56 Å². The monoisotopic (exact) mass is 274 g/mol. The zero-order valence-electron chi connectivity index (χ0n) is 12.3. The Hall–Kier alpha value is -1.71. The predicted molar refractivity (Wildman–Crippen MR) is 78.7 cm³/mol. The summed E-state index contributed by atoms with van der Waals surface area (Å²) in [7, 11) is 0. The van der Waals surface area contributed by atoms with Gasteiger partial charge in [-0.2, -0.15) is 0 Å². The summed E-state index contributed by atoms with van der Waals surface area (Å²) in [6.45, 7) is 7.44. The number of likely N-dealkylation sites (tertiary alicyclic amines) is 1. The average Bonchev–Trinajstić information content (AvgIpc) is 2.81. The van der Waals surface area contributed by atoms with Crippen molar-refractivity contribution in [1.82, 2.24) is 4.90 Å². The summed E-state index contributed by atoms with van der Waals surface area (Å²) in [5.41, 5.74) is 1.91. The molecule has 0 unspecified atom stereocenters. The van der Waals surface area contributed by atoms with Crippen molar-refractivity contribution in [2.24, 2.45) is 5.92 Å². The molecular formula is C16H22N2O2. The molecule has 3 rings (SSSR count). The van der Waals surface area contributed by atoms with E-state index in [4.69, 9.17) is 4.74 Å². The fourth-order valence-corrected chi connectivity index (χ4v) is 3.17. The number of anilines is 1. The van der Waals surface area contributed by atoms with Gasteiger partial charge in [0.05, 0.1) is 6.04 Å². The molecule has 2 aliphatic rings. The van der Waals surface area contributed by atoms with Gasteiger partial charge in [-0.25, -0.2) is 4.79 Å². The Kier molecular flexibility index (Phi) is 3.11. The Labute approximate surface area is 120 Å². The number of carbonyl (C=O) groups is 1. The molecule has 1 aromatic rings. The number of nitrogens with zero attached hydrogens (tertiary/aromatic N) is 1. The molecule has 1 saturated heterocycles. The second-order valence-corrected chi connectivity index (χ2v) is 6.64.